The van der Waals surface area contributed by atoms with Crippen molar-refractivity contribution in [1.82, 2.24) is 9.61 Å². The van der Waals surface area contributed by atoms with E-state index in [-0.39, 0.29) is 6.04 Å². The van der Waals surface area contributed by atoms with Crippen LogP contribution < -0.4 is 5.73 Å². The van der Waals surface area contributed by atoms with E-state index in [0.717, 1.165) is 22.0 Å². The minimum absolute atomic E-state index is 0.365. The van der Waals surface area contributed by atoms with Gasteiger partial charge in [-0.15, -0.1) is 0 Å². The number of pyridine rings is 1. The highest BCUT2D eigenvalue weighted by atomic mass is 35.5. The lowest BCUT2D eigenvalue weighted by atomic mass is 10.1. The Kier molecular flexibility index (Phi) is 2.74. The molecule has 0 amide bonds. The van der Waals surface area contributed by atoms with Gasteiger partial charge in [-0.1, -0.05) is 17.7 Å². The number of benzene rings is 1. The quantitative estimate of drug-likeness (QED) is 0.612. The molecule has 4 nitrogen and oxygen atoms in total. The summed E-state index contributed by atoms with van der Waals surface area (Å²) in [6, 6.07) is 13.0. The molecule has 5 heteroatoms. The first-order valence-electron chi connectivity index (χ1n) is 6.59. The molecule has 3 aromatic heterocycles. The normalized spacial score (nSPS) is 13.0. The van der Waals surface area contributed by atoms with Gasteiger partial charge in [0.1, 0.15) is 11.3 Å². The number of furan rings is 1. The monoisotopic (exact) mass is 297 g/mol. The number of rotatable bonds is 2. The average Bonchev–Trinajstić information content (AvgIpc) is 3.09. The molecule has 0 saturated heterocycles. The molecule has 4 aromatic rings. The first kappa shape index (κ1) is 12.4. The Labute approximate surface area is 125 Å². The van der Waals surface area contributed by atoms with Crippen LogP contribution in [-0.2, 0) is 0 Å². The van der Waals surface area contributed by atoms with Crippen LogP contribution in [0.15, 0.2) is 59.3 Å². The summed E-state index contributed by atoms with van der Waals surface area (Å²) in [6.45, 7) is 0. The van der Waals surface area contributed by atoms with Gasteiger partial charge in [0.05, 0.1) is 17.8 Å². The van der Waals surface area contributed by atoms with Crippen molar-refractivity contribution in [2.24, 2.45) is 5.73 Å². The molecule has 0 aliphatic rings. The van der Waals surface area contributed by atoms with Crippen LogP contribution in [0.1, 0.15) is 17.4 Å². The van der Waals surface area contributed by atoms with Gasteiger partial charge in [0, 0.05) is 22.2 Å². The molecule has 1 atom stereocenters. The summed E-state index contributed by atoms with van der Waals surface area (Å²) < 4.78 is 7.64. The van der Waals surface area contributed by atoms with E-state index < -0.39 is 0 Å². The SMILES string of the molecule is NC(c1cc2cc(Cl)ccc2o1)c1cnn2ccccc12. The molecule has 1 unspecified atom stereocenters. The number of nitrogens with zero attached hydrogens (tertiary/aromatic N) is 2. The van der Waals surface area contributed by atoms with E-state index >= 15 is 0 Å². The van der Waals surface area contributed by atoms with Gasteiger partial charge >= 0.3 is 0 Å². The molecule has 21 heavy (non-hydrogen) atoms. The maximum Gasteiger partial charge on any atom is 0.134 e. The van der Waals surface area contributed by atoms with Crippen molar-refractivity contribution in [3.63, 3.8) is 0 Å². The number of aromatic nitrogens is 2. The molecule has 0 aliphatic carbocycles. The van der Waals surface area contributed by atoms with E-state index in [9.17, 15) is 0 Å². The van der Waals surface area contributed by atoms with Crippen LogP contribution in [-0.4, -0.2) is 9.61 Å². The second-order valence-electron chi connectivity index (χ2n) is 4.94. The van der Waals surface area contributed by atoms with Gasteiger partial charge < -0.3 is 10.2 Å². The molecule has 0 spiro atoms. The lowest BCUT2D eigenvalue weighted by Crippen LogP contribution is -2.10. The van der Waals surface area contributed by atoms with Gasteiger partial charge in [-0.2, -0.15) is 5.10 Å². The molecular weight excluding hydrogens is 286 g/mol. The molecule has 0 aliphatic heterocycles. The van der Waals surface area contributed by atoms with Crippen molar-refractivity contribution in [2.45, 2.75) is 6.04 Å². The summed E-state index contributed by atoms with van der Waals surface area (Å²) in [5, 5.41) is 5.94. The van der Waals surface area contributed by atoms with Crippen LogP contribution in [0.3, 0.4) is 0 Å². The van der Waals surface area contributed by atoms with E-state index in [1.807, 2.05) is 42.6 Å². The first-order valence-corrected chi connectivity index (χ1v) is 6.97. The average molecular weight is 298 g/mol. The molecule has 2 N–H and O–H groups in total. The summed E-state index contributed by atoms with van der Waals surface area (Å²) in [5.41, 5.74) is 9.03. The largest absolute Gasteiger partial charge is 0.459 e. The Morgan fingerprint density at radius 2 is 2.10 bits per heavy atom. The molecular formula is C16H12ClN3O. The second-order valence-corrected chi connectivity index (χ2v) is 5.38. The smallest absolute Gasteiger partial charge is 0.134 e. The summed E-state index contributed by atoms with van der Waals surface area (Å²) in [6.07, 6.45) is 3.67. The van der Waals surface area contributed by atoms with Gasteiger partial charge in [0.2, 0.25) is 0 Å². The number of fused-ring (bicyclic) bond motifs is 2. The second kappa shape index (κ2) is 4.62. The van der Waals surface area contributed by atoms with Crippen LogP contribution in [0.25, 0.3) is 16.5 Å². The van der Waals surface area contributed by atoms with Crippen molar-refractivity contribution < 1.29 is 4.42 Å². The number of hydrogen-bond acceptors (Lipinski definition) is 3. The lowest BCUT2D eigenvalue weighted by molar-refractivity contribution is 0.526. The van der Waals surface area contributed by atoms with Crippen LogP contribution in [0.5, 0.6) is 0 Å². The summed E-state index contributed by atoms with van der Waals surface area (Å²) >= 11 is 6.00. The zero-order valence-corrected chi connectivity index (χ0v) is 11.8. The predicted octanol–water partition coefficient (Wildman–Crippen LogP) is 3.78. The zero-order valence-electron chi connectivity index (χ0n) is 11.0. The summed E-state index contributed by atoms with van der Waals surface area (Å²) in [7, 11) is 0. The Balaban J connectivity index is 1.83. The highest BCUT2D eigenvalue weighted by Crippen LogP contribution is 2.30. The number of nitrogens with two attached hydrogens (primary N) is 1. The predicted molar refractivity (Wildman–Crippen MR) is 82.4 cm³/mol. The Morgan fingerprint density at radius 1 is 1.19 bits per heavy atom. The third kappa shape index (κ3) is 2.00. The summed E-state index contributed by atoms with van der Waals surface area (Å²) in [5.74, 6) is 0.700. The maximum absolute atomic E-state index is 6.35. The third-order valence-electron chi connectivity index (χ3n) is 3.60. The van der Waals surface area contributed by atoms with E-state index in [0.29, 0.717) is 10.8 Å². The molecule has 0 bridgehead atoms. The molecule has 104 valence electrons. The highest BCUT2D eigenvalue weighted by molar-refractivity contribution is 6.31. The molecule has 0 radical (unpaired) electrons. The minimum Gasteiger partial charge on any atom is -0.459 e. The molecule has 0 saturated carbocycles. The Morgan fingerprint density at radius 3 is 3.00 bits per heavy atom. The van der Waals surface area contributed by atoms with Gasteiger partial charge in [0.25, 0.3) is 0 Å². The van der Waals surface area contributed by atoms with E-state index in [4.69, 9.17) is 21.8 Å². The van der Waals surface area contributed by atoms with E-state index in [1.54, 1.807) is 16.8 Å². The molecule has 1 aromatic carbocycles. The summed E-state index contributed by atoms with van der Waals surface area (Å²) in [4.78, 5) is 0. The van der Waals surface area contributed by atoms with Crippen molar-refractivity contribution >= 4 is 28.1 Å². The fraction of sp³-hybridized carbons (Fsp3) is 0.0625. The zero-order chi connectivity index (χ0) is 14.4. The standard InChI is InChI=1S/C16H12ClN3O/c17-11-4-5-14-10(7-11)8-15(21-14)16(18)12-9-19-20-6-2-1-3-13(12)20/h1-9,16H,18H2. The van der Waals surface area contributed by atoms with Gasteiger partial charge in [-0.3, -0.25) is 0 Å². The van der Waals surface area contributed by atoms with Crippen molar-refractivity contribution in [1.29, 1.82) is 0 Å². The number of hydrogen-bond donors (Lipinski definition) is 1. The topological polar surface area (TPSA) is 56.5 Å². The van der Waals surface area contributed by atoms with Crippen LogP contribution in [0.2, 0.25) is 5.02 Å². The fourth-order valence-electron chi connectivity index (χ4n) is 2.54. The van der Waals surface area contributed by atoms with Crippen LogP contribution in [0.4, 0.5) is 0 Å². The van der Waals surface area contributed by atoms with Crippen LogP contribution >= 0.6 is 11.6 Å². The molecule has 3 heterocycles. The van der Waals surface area contributed by atoms with Gasteiger partial charge in [-0.25, -0.2) is 4.52 Å². The van der Waals surface area contributed by atoms with Crippen molar-refractivity contribution in [3.05, 3.63) is 71.2 Å². The lowest BCUT2D eigenvalue weighted by Gasteiger charge is -2.06. The van der Waals surface area contributed by atoms with Crippen molar-refractivity contribution in [2.75, 3.05) is 0 Å². The third-order valence-corrected chi connectivity index (χ3v) is 3.83. The molecule has 4 rings (SSSR count). The van der Waals surface area contributed by atoms with Crippen molar-refractivity contribution in [3.8, 4) is 0 Å². The number of halogens is 1. The van der Waals surface area contributed by atoms with E-state index in [1.165, 1.54) is 0 Å². The van der Waals surface area contributed by atoms with Crippen LogP contribution in [0, 0.1) is 0 Å². The highest BCUT2D eigenvalue weighted by Gasteiger charge is 2.18. The fourth-order valence-corrected chi connectivity index (χ4v) is 2.72. The first-order chi connectivity index (χ1) is 10.2. The maximum atomic E-state index is 6.35. The Hall–Kier alpha value is -2.30. The van der Waals surface area contributed by atoms with Gasteiger partial charge in [-0.05, 0) is 36.4 Å². The minimum atomic E-state index is -0.365. The van der Waals surface area contributed by atoms with E-state index in [2.05, 4.69) is 5.10 Å². The van der Waals surface area contributed by atoms with Gasteiger partial charge in [0.15, 0.2) is 0 Å². The Bertz CT molecular complexity index is 941. The molecule has 0 fully saturated rings.